The van der Waals surface area contributed by atoms with E-state index >= 15 is 0 Å². The van der Waals surface area contributed by atoms with E-state index in [0.29, 0.717) is 6.61 Å². The molecule has 1 aromatic carbocycles. The maximum Gasteiger partial charge on any atom is 0.309 e. The molecule has 0 aromatic heterocycles. The summed E-state index contributed by atoms with van der Waals surface area (Å²) < 4.78 is 5.16. The highest BCUT2D eigenvalue weighted by molar-refractivity contribution is 5.80. The summed E-state index contributed by atoms with van der Waals surface area (Å²) in [4.78, 5) is 19.0. The highest BCUT2D eigenvalue weighted by atomic mass is 16.5. The molecule has 0 atom stereocenters. The molecular weight excluding hydrogens is 338 g/mol. The van der Waals surface area contributed by atoms with Gasteiger partial charge in [0, 0.05) is 26.2 Å². The first-order valence-electron chi connectivity index (χ1n) is 10.5. The number of likely N-dealkylation sites (tertiary alicyclic amines) is 1. The molecule has 1 heterocycles. The molecule has 1 aliphatic rings. The number of hydrogen-bond donors (Lipinski definition) is 1. The average Bonchev–Trinajstić information content (AvgIpc) is 2.71. The van der Waals surface area contributed by atoms with Gasteiger partial charge in [-0.15, -0.1) is 0 Å². The molecule has 150 valence electrons. The molecule has 0 amide bonds. The molecule has 27 heavy (non-hydrogen) atoms. The Morgan fingerprint density at radius 2 is 1.89 bits per heavy atom. The summed E-state index contributed by atoms with van der Waals surface area (Å²) in [5, 5.41) is 3.40. The molecule has 5 nitrogen and oxygen atoms in total. The van der Waals surface area contributed by atoms with E-state index < -0.39 is 0 Å². The van der Waals surface area contributed by atoms with E-state index in [-0.39, 0.29) is 11.9 Å². The first-order valence-corrected chi connectivity index (χ1v) is 10.5. The number of carbonyl (C=O) groups is 1. The molecule has 0 saturated carbocycles. The molecule has 1 aromatic rings. The number of ether oxygens (including phenoxy) is 1. The van der Waals surface area contributed by atoms with Crippen LogP contribution in [0.25, 0.3) is 0 Å². The van der Waals surface area contributed by atoms with Crippen molar-refractivity contribution in [3.63, 3.8) is 0 Å². The Labute approximate surface area is 164 Å². The van der Waals surface area contributed by atoms with Crippen molar-refractivity contribution >= 4 is 11.9 Å². The van der Waals surface area contributed by atoms with Crippen molar-refractivity contribution in [3.05, 3.63) is 35.9 Å². The fourth-order valence-corrected chi connectivity index (χ4v) is 3.46. The summed E-state index contributed by atoms with van der Waals surface area (Å²) in [7, 11) is 0. The van der Waals surface area contributed by atoms with Crippen molar-refractivity contribution in [1.82, 2.24) is 10.2 Å². The monoisotopic (exact) mass is 373 g/mol. The lowest BCUT2D eigenvalue weighted by Gasteiger charge is -2.33. The molecule has 0 radical (unpaired) electrons. The van der Waals surface area contributed by atoms with Crippen LogP contribution in [0.5, 0.6) is 0 Å². The summed E-state index contributed by atoms with van der Waals surface area (Å²) >= 11 is 0. The van der Waals surface area contributed by atoms with Crippen LogP contribution >= 0.6 is 0 Å². The zero-order chi connectivity index (χ0) is 19.3. The minimum absolute atomic E-state index is 0.0436. The number of nitrogens with one attached hydrogen (secondary N) is 1. The Kier molecular flexibility index (Phi) is 9.74. The number of unbranched alkanes of at least 4 members (excludes halogenated alkanes) is 2. The predicted molar refractivity (Wildman–Crippen MR) is 111 cm³/mol. The van der Waals surface area contributed by atoms with E-state index in [1.807, 2.05) is 6.92 Å². The Hall–Kier alpha value is -2.04. The molecule has 5 heteroatoms. The molecule has 1 fully saturated rings. The SMILES string of the molecule is CCNC(=NCCCCCc1ccccc1)N1CCC(C(=O)OCC)CC1. The smallest absolute Gasteiger partial charge is 0.309 e. The number of rotatable bonds is 9. The number of esters is 1. The number of guanidine groups is 1. The molecule has 1 N–H and O–H groups in total. The summed E-state index contributed by atoms with van der Waals surface area (Å²) in [6, 6.07) is 10.7. The van der Waals surface area contributed by atoms with Crippen LogP contribution in [0.3, 0.4) is 0 Å². The zero-order valence-electron chi connectivity index (χ0n) is 17.0. The number of hydrogen-bond acceptors (Lipinski definition) is 3. The number of carbonyl (C=O) groups excluding carboxylic acids is 1. The number of aliphatic imine (C=N–C) groups is 1. The molecule has 0 bridgehead atoms. The van der Waals surface area contributed by atoms with E-state index in [1.54, 1.807) is 0 Å². The standard InChI is InChI=1S/C22H35N3O2/c1-3-23-22(25-17-14-20(15-18-25)21(26)27-4-2)24-16-10-6-9-13-19-11-7-5-8-12-19/h5,7-8,11-12,20H,3-4,6,9-10,13-18H2,1-2H3,(H,23,24). The van der Waals surface area contributed by atoms with Crippen molar-refractivity contribution in [3.8, 4) is 0 Å². The van der Waals surface area contributed by atoms with Crippen molar-refractivity contribution in [1.29, 1.82) is 0 Å². The van der Waals surface area contributed by atoms with Crippen LogP contribution in [0.15, 0.2) is 35.3 Å². The Bertz CT molecular complexity index is 566. The van der Waals surface area contributed by atoms with Gasteiger partial charge in [0.15, 0.2) is 5.96 Å². The summed E-state index contributed by atoms with van der Waals surface area (Å²) in [6.07, 6.45) is 6.36. The lowest BCUT2D eigenvalue weighted by molar-refractivity contribution is -0.149. The van der Waals surface area contributed by atoms with Crippen LogP contribution in [0, 0.1) is 5.92 Å². The molecule has 2 rings (SSSR count). The summed E-state index contributed by atoms with van der Waals surface area (Å²) in [5.41, 5.74) is 1.42. The van der Waals surface area contributed by atoms with Gasteiger partial charge in [0.25, 0.3) is 0 Å². The fourth-order valence-electron chi connectivity index (χ4n) is 3.46. The third-order valence-electron chi connectivity index (χ3n) is 4.98. The lowest BCUT2D eigenvalue weighted by atomic mass is 9.97. The van der Waals surface area contributed by atoms with E-state index in [1.165, 1.54) is 18.4 Å². The Morgan fingerprint density at radius 3 is 2.56 bits per heavy atom. The van der Waals surface area contributed by atoms with Crippen LogP contribution in [0.2, 0.25) is 0 Å². The summed E-state index contributed by atoms with van der Waals surface area (Å²) in [5.74, 6) is 0.988. The molecule has 0 unspecified atom stereocenters. The maximum absolute atomic E-state index is 11.9. The van der Waals surface area contributed by atoms with E-state index in [2.05, 4.69) is 47.5 Å². The first-order chi connectivity index (χ1) is 13.2. The average molecular weight is 374 g/mol. The van der Waals surface area contributed by atoms with Gasteiger partial charge in [-0.05, 0) is 51.5 Å². The lowest BCUT2D eigenvalue weighted by Crippen LogP contribution is -2.46. The van der Waals surface area contributed by atoms with Gasteiger partial charge in [0.1, 0.15) is 0 Å². The second-order valence-corrected chi connectivity index (χ2v) is 7.05. The third kappa shape index (κ3) is 7.61. The van der Waals surface area contributed by atoms with Crippen molar-refractivity contribution in [2.75, 3.05) is 32.8 Å². The molecule has 0 aliphatic carbocycles. The molecule has 1 saturated heterocycles. The third-order valence-corrected chi connectivity index (χ3v) is 4.98. The topological polar surface area (TPSA) is 53.9 Å². The number of benzene rings is 1. The normalized spacial score (nSPS) is 15.6. The highest BCUT2D eigenvalue weighted by Gasteiger charge is 2.27. The Balaban J connectivity index is 1.70. The second kappa shape index (κ2) is 12.4. The predicted octanol–water partition coefficient (Wildman–Crippen LogP) is 3.64. The number of nitrogens with zero attached hydrogens (tertiary/aromatic N) is 2. The van der Waals surface area contributed by atoms with Crippen LogP contribution in [0.1, 0.15) is 51.5 Å². The largest absolute Gasteiger partial charge is 0.466 e. The van der Waals surface area contributed by atoms with Gasteiger partial charge in [0.05, 0.1) is 12.5 Å². The second-order valence-electron chi connectivity index (χ2n) is 7.05. The van der Waals surface area contributed by atoms with Gasteiger partial charge >= 0.3 is 5.97 Å². The quantitative estimate of drug-likeness (QED) is 0.311. The fraction of sp³-hybridized carbons (Fsp3) is 0.636. The number of piperidine rings is 1. The van der Waals surface area contributed by atoms with Crippen LogP contribution in [-0.4, -0.2) is 49.6 Å². The van der Waals surface area contributed by atoms with Gasteiger partial charge in [-0.2, -0.15) is 0 Å². The highest BCUT2D eigenvalue weighted by Crippen LogP contribution is 2.18. The first kappa shape index (κ1) is 21.3. The van der Waals surface area contributed by atoms with E-state index in [4.69, 9.17) is 9.73 Å². The maximum atomic E-state index is 11.9. The summed E-state index contributed by atoms with van der Waals surface area (Å²) in [6.45, 7) is 7.88. The van der Waals surface area contributed by atoms with Crippen molar-refractivity contribution in [2.24, 2.45) is 10.9 Å². The van der Waals surface area contributed by atoms with Gasteiger partial charge in [0.2, 0.25) is 0 Å². The van der Waals surface area contributed by atoms with Crippen molar-refractivity contribution in [2.45, 2.75) is 52.4 Å². The molecule has 0 spiro atoms. The number of aryl methyl sites for hydroxylation is 1. The molecule has 1 aliphatic heterocycles. The van der Waals surface area contributed by atoms with Gasteiger partial charge < -0.3 is 15.0 Å². The van der Waals surface area contributed by atoms with Gasteiger partial charge in [-0.1, -0.05) is 36.8 Å². The van der Waals surface area contributed by atoms with E-state index in [0.717, 1.165) is 57.8 Å². The van der Waals surface area contributed by atoms with E-state index in [9.17, 15) is 4.79 Å². The van der Waals surface area contributed by atoms with Crippen molar-refractivity contribution < 1.29 is 9.53 Å². The molecular formula is C22H35N3O2. The zero-order valence-corrected chi connectivity index (χ0v) is 17.0. The minimum Gasteiger partial charge on any atom is -0.466 e. The van der Waals surface area contributed by atoms with Crippen LogP contribution < -0.4 is 5.32 Å². The van der Waals surface area contributed by atoms with Crippen LogP contribution in [-0.2, 0) is 16.0 Å². The van der Waals surface area contributed by atoms with Gasteiger partial charge in [-0.3, -0.25) is 9.79 Å². The minimum atomic E-state index is -0.0440. The van der Waals surface area contributed by atoms with Gasteiger partial charge in [-0.25, -0.2) is 0 Å². The van der Waals surface area contributed by atoms with Crippen LogP contribution in [0.4, 0.5) is 0 Å². The Morgan fingerprint density at radius 1 is 1.15 bits per heavy atom.